The van der Waals surface area contributed by atoms with Crippen LogP contribution in [0.2, 0.25) is 0 Å². The van der Waals surface area contributed by atoms with Crippen LogP contribution in [0.15, 0.2) is 0 Å². The molecule has 2 N–H and O–H groups in total. The molecule has 0 aromatic rings. The second kappa shape index (κ2) is 12.6. The maximum absolute atomic E-state index is 9.40. The lowest BCUT2D eigenvalue weighted by atomic mass is 9.88. The Hall–Kier alpha value is 0.620. The number of aliphatic hydroxyl groups is 2. The Labute approximate surface area is 189 Å². The van der Waals surface area contributed by atoms with Crippen molar-refractivity contribution in [2.24, 2.45) is 10.8 Å². The van der Waals surface area contributed by atoms with Gasteiger partial charge in [0.25, 0.3) is 0 Å². The molecule has 0 aliphatic carbocycles. The fourth-order valence-corrected chi connectivity index (χ4v) is 8.15. The lowest BCUT2D eigenvalue weighted by Gasteiger charge is -2.22. The lowest BCUT2D eigenvalue weighted by molar-refractivity contribution is 0.147. The largest absolute Gasteiger partial charge is 0.396 e. The van der Waals surface area contributed by atoms with Gasteiger partial charge >= 0.3 is 0 Å². The molecule has 2 nitrogen and oxygen atoms in total. The van der Waals surface area contributed by atoms with E-state index in [0.29, 0.717) is 13.2 Å². The number of hydrogen-bond acceptors (Lipinski definition) is 4. The SMILES string of the molecule is CC(C)(CO)CCCC1CCC(CCCC2CCC(CCCC(C)(C)CO)S2)S1. The highest BCUT2D eigenvalue weighted by molar-refractivity contribution is 8.01. The van der Waals surface area contributed by atoms with E-state index in [1.165, 1.54) is 70.6 Å². The van der Waals surface area contributed by atoms with Crippen molar-refractivity contribution in [2.45, 2.75) is 132 Å². The third-order valence-electron chi connectivity index (χ3n) is 7.06. The van der Waals surface area contributed by atoms with E-state index in [-0.39, 0.29) is 10.8 Å². The van der Waals surface area contributed by atoms with Gasteiger partial charge in [0, 0.05) is 34.2 Å². The van der Waals surface area contributed by atoms with Crippen LogP contribution in [-0.4, -0.2) is 44.4 Å². The summed E-state index contributed by atoms with van der Waals surface area (Å²) >= 11 is 4.56. The highest BCUT2D eigenvalue weighted by atomic mass is 32.2. The van der Waals surface area contributed by atoms with Crippen molar-refractivity contribution in [2.75, 3.05) is 13.2 Å². The molecule has 0 amide bonds. The summed E-state index contributed by atoms with van der Waals surface area (Å²) in [7, 11) is 0. The first-order chi connectivity index (χ1) is 13.7. The minimum Gasteiger partial charge on any atom is -0.396 e. The van der Waals surface area contributed by atoms with Crippen molar-refractivity contribution >= 4 is 23.5 Å². The molecule has 0 radical (unpaired) electrons. The summed E-state index contributed by atoms with van der Waals surface area (Å²) in [6, 6.07) is 0. The molecule has 2 rings (SSSR count). The highest BCUT2D eigenvalue weighted by Crippen LogP contribution is 2.42. The van der Waals surface area contributed by atoms with Gasteiger partial charge in [0.05, 0.1) is 0 Å². The van der Waals surface area contributed by atoms with Gasteiger partial charge in [-0.25, -0.2) is 0 Å². The van der Waals surface area contributed by atoms with Crippen LogP contribution >= 0.6 is 23.5 Å². The Morgan fingerprint density at radius 2 is 0.897 bits per heavy atom. The van der Waals surface area contributed by atoms with E-state index >= 15 is 0 Å². The Balaban J connectivity index is 1.50. The summed E-state index contributed by atoms with van der Waals surface area (Å²) in [5, 5.41) is 22.4. The molecule has 29 heavy (non-hydrogen) atoms. The van der Waals surface area contributed by atoms with Crippen molar-refractivity contribution in [3.05, 3.63) is 0 Å². The first kappa shape index (κ1) is 25.9. The molecule has 0 spiro atoms. The molecule has 0 aromatic heterocycles. The molecular formula is C25H48O2S2. The molecule has 4 atom stereocenters. The fraction of sp³-hybridized carbons (Fsp3) is 1.00. The van der Waals surface area contributed by atoms with Crippen LogP contribution < -0.4 is 0 Å². The average Bonchev–Trinajstić information content (AvgIpc) is 3.31. The third-order valence-corrected chi connectivity index (χ3v) is 10.5. The predicted octanol–water partition coefficient (Wildman–Crippen LogP) is 7.06. The molecule has 0 saturated carbocycles. The van der Waals surface area contributed by atoms with Crippen molar-refractivity contribution in [3.63, 3.8) is 0 Å². The van der Waals surface area contributed by atoms with Crippen LogP contribution in [0.5, 0.6) is 0 Å². The van der Waals surface area contributed by atoms with Gasteiger partial charge in [-0.05, 0) is 75.0 Å². The third kappa shape index (κ3) is 10.2. The molecule has 0 aromatic carbocycles. The molecule has 172 valence electrons. The van der Waals surface area contributed by atoms with E-state index in [2.05, 4.69) is 51.2 Å². The Morgan fingerprint density at radius 1 is 0.586 bits per heavy atom. The molecular weight excluding hydrogens is 396 g/mol. The zero-order chi connectivity index (χ0) is 21.3. The quantitative estimate of drug-likeness (QED) is 0.301. The second-order valence-electron chi connectivity index (χ2n) is 11.3. The average molecular weight is 445 g/mol. The lowest BCUT2D eigenvalue weighted by Crippen LogP contribution is -2.16. The minimum absolute atomic E-state index is 0.106. The van der Waals surface area contributed by atoms with E-state index in [0.717, 1.165) is 33.8 Å². The van der Waals surface area contributed by atoms with Crippen LogP contribution in [0.1, 0.15) is 111 Å². The van der Waals surface area contributed by atoms with Crippen LogP contribution in [0.25, 0.3) is 0 Å². The normalized spacial score (nSPS) is 28.3. The molecule has 2 aliphatic heterocycles. The van der Waals surface area contributed by atoms with Gasteiger partial charge in [0.15, 0.2) is 0 Å². The molecule has 0 bridgehead atoms. The molecule has 2 fully saturated rings. The summed E-state index contributed by atoms with van der Waals surface area (Å²) in [6.07, 6.45) is 17.5. The van der Waals surface area contributed by atoms with Gasteiger partial charge in [-0.3, -0.25) is 0 Å². The molecule has 4 heteroatoms. The molecule has 2 aliphatic rings. The van der Waals surface area contributed by atoms with Gasteiger partial charge in [0.1, 0.15) is 0 Å². The maximum atomic E-state index is 9.40. The van der Waals surface area contributed by atoms with Crippen molar-refractivity contribution in [3.8, 4) is 0 Å². The van der Waals surface area contributed by atoms with Crippen LogP contribution in [0, 0.1) is 10.8 Å². The van der Waals surface area contributed by atoms with Gasteiger partial charge in [-0.15, -0.1) is 0 Å². The van der Waals surface area contributed by atoms with E-state index in [4.69, 9.17) is 0 Å². The summed E-state index contributed by atoms with van der Waals surface area (Å²) in [6.45, 7) is 9.35. The van der Waals surface area contributed by atoms with Crippen molar-refractivity contribution < 1.29 is 10.2 Å². The zero-order valence-electron chi connectivity index (χ0n) is 19.6. The highest BCUT2D eigenvalue weighted by Gasteiger charge is 2.28. The van der Waals surface area contributed by atoms with E-state index in [1.807, 2.05) is 0 Å². The van der Waals surface area contributed by atoms with E-state index in [9.17, 15) is 10.2 Å². The topological polar surface area (TPSA) is 40.5 Å². The van der Waals surface area contributed by atoms with E-state index in [1.54, 1.807) is 0 Å². The molecule has 2 heterocycles. The summed E-state index contributed by atoms with van der Waals surface area (Å²) in [4.78, 5) is 0. The first-order valence-corrected chi connectivity index (χ1v) is 14.1. The Morgan fingerprint density at radius 3 is 1.21 bits per heavy atom. The van der Waals surface area contributed by atoms with Gasteiger partial charge in [-0.2, -0.15) is 23.5 Å². The van der Waals surface area contributed by atoms with Crippen LogP contribution in [0.4, 0.5) is 0 Å². The maximum Gasteiger partial charge on any atom is 0.0482 e. The summed E-state index contributed by atoms with van der Waals surface area (Å²) < 4.78 is 0. The second-order valence-corrected chi connectivity index (χ2v) is 14.5. The van der Waals surface area contributed by atoms with Gasteiger partial charge < -0.3 is 10.2 Å². The standard InChI is InChI=1S/C25H48O2S2/c1-24(2,18-26)16-6-10-22-14-12-20(28-22)8-5-9-21-13-15-23(29-21)11-7-17-25(3,4)19-27/h20-23,26-27H,5-19H2,1-4H3. The van der Waals surface area contributed by atoms with Gasteiger partial charge in [-0.1, -0.05) is 47.0 Å². The van der Waals surface area contributed by atoms with Crippen LogP contribution in [-0.2, 0) is 0 Å². The van der Waals surface area contributed by atoms with Gasteiger partial charge in [0.2, 0.25) is 0 Å². The predicted molar refractivity (Wildman–Crippen MR) is 132 cm³/mol. The van der Waals surface area contributed by atoms with Crippen LogP contribution in [0.3, 0.4) is 0 Å². The van der Waals surface area contributed by atoms with Crippen molar-refractivity contribution in [1.29, 1.82) is 0 Å². The fourth-order valence-electron chi connectivity index (χ4n) is 4.76. The monoisotopic (exact) mass is 444 g/mol. The molecule has 2 saturated heterocycles. The number of aliphatic hydroxyl groups excluding tert-OH is 2. The molecule has 4 unspecified atom stereocenters. The zero-order valence-corrected chi connectivity index (χ0v) is 21.3. The van der Waals surface area contributed by atoms with Crippen molar-refractivity contribution in [1.82, 2.24) is 0 Å². The smallest absolute Gasteiger partial charge is 0.0482 e. The Bertz CT molecular complexity index is 412. The summed E-state index contributed by atoms with van der Waals surface area (Å²) in [5.74, 6) is 0. The number of thioether (sulfide) groups is 2. The summed E-state index contributed by atoms with van der Waals surface area (Å²) in [5.41, 5.74) is 0.211. The number of rotatable bonds is 14. The first-order valence-electron chi connectivity index (χ1n) is 12.3. The van der Waals surface area contributed by atoms with E-state index < -0.39 is 0 Å². The Kier molecular flexibility index (Phi) is 11.2. The number of hydrogen-bond donors (Lipinski definition) is 2. The minimum atomic E-state index is 0.106.